The molecule has 0 heterocycles. The molecule has 3 nitrogen and oxygen atoms in total. The van der Waals surface area contributed by atoms with E-state index in [0.717, 1.165) is 32.2 Å². The van der Waals surface area contributed by atoms with Crippen LogP contribution in [0.1, 0.15) is 38.2 Å². The lowest BCUT2D eigenvalue weighted by atomic mass is 9.78. The number of anilines is 1. The Morgan fingerprint density at radius 2 is 1.85 bits per heavy atom. The van der Waals surface area contributed by atoms with Gasteiger partial charge in [-0.1, -0.05) is 17.7 Å². The van der Waals surface area contributed by atoms with Crippen LogP contribution in [0.5, 0.6) is 0 Å². The van der Waals surface area contributed by atoms with E-state index in [1.807, 2.05) is 7.11 Å². The lowest BCUT2D eigenvalue weighted by molar-refractivity contribution is 0.0497. The van der Waals surface area contributed by atoms with E-state index in [2.05, 4.69) is 43.0 Å². The summed E-state index contributed by atoms with van der Waals surface area (Å²) in [4.78, 5) is 2.50. The Morgan fingerprint density at radius 1 is 1.25 bits per heavy atom. The third-order valence-electron chi connectivity index (χ3n) is 4.81. The van der Waals surface area contributed by atoms with Crippen LogP contribution in [-0.4, -0.2) is 31.8 Å². The summed E-state index contributed by atoms with van der Waals surface area (Å²) < 4.78 is 5.50. The average Bonchev–Trinajstić information content (AvgIpc) is 2.50. The van der Waals surface area contributed by atoms with Crippen LogP contribution < -0.4 is 10.6 Å². The molecule has 0 amide bonds. The molecule has 3 heteroatoms. The standard InChI is InChI=1S/C17H28N2O/c1-4-19(15-7-5-14(2)6-8-15)17(13-18)11-9-16(20-3)10-12-17/h5-8,16H,4,9-13,18H2,1-3H3. The summed E-state index contributed by atoms with van der Waals surface area (Å²) >= 11 is 0. The van der Waals surface area contributed by atoms with Crippen LogP contribution in [0, 0.1) is 6.92 Å². The van der Waals surface area contributed by atoms with E-state index >= 15 is 0 Å². The van der Waals surface area contributed by atoms with E-state index in [1.165, 1.54) is 11.3 Å². The first-order valence-corrected chi connectivity index (χ1v) is 7.72. The zero-order valence-electron chi connectivity index (χ0n) is 13.1. The molecular formula is C17H28N2O. The van der Waals surface area contributed by atoms with Crippen LogP contribution in [0.3, 0.4) is 0 Å². The second-order valence-electron chi connectivity index (χ2n) is 5.94. The van der Waals surface area contributed by atoms with Gasteiger partial charge in [0.2, 0.25) is 0 Å². The van der Waals surface area contributed by atoms with Crippen molar-refractivity contribution >= 4 is 5.69 Å². The predicted octanol–water partition coefficient (Wildman–Crippen LogP) is 3.11. The van der Waals surface area contributed by atoms with Crippen molar-refractivity contribution in [3.8, 4) is 0 Å². The summed E-state index contributed by atoms with van der Waals surface area (Å²) in [6.07, 6.45) is 4.85. The van der Waals surface area contributed by atoms with Gasteiger partial charge in [-0.2, -0.15) is 0 Å². The van der Waals surface area contributed by atoms with Gasteiger partial charge < -0.3 is 15.4 Å². The highest BCUT2D eigenvalue weighted by Crippen LogP contribution is 2.37. The first-order valence-electron chi connectivity index (χ1n) is 7.72. The van der Waals surface area contributed by atoms with Crippen LogP contribution in [0.4, 0.5) is 5.69 Å². The zero-order chi connectivity index (χ0) is 14.6. The molecular weight excluding hydrogens is 248 g/mol. The maximum Gasteiger partial charge on any atom is 0.0573 e. The van der Waals surface area contributed by atoms with Gasteiger partial charge in [-0.05, 0) is 51.7 Å². The maximum absolute atomic E-state index is 6.19. The summed E-state index contributed by atoms with van der Waals surface area (Å²) in [5.74, 6) is 0. The van der Waals surface area contributed by atoms with Crippen molar-refractivity contribution in [3.63, 3.8) is 0 Å². The van der Waals surface area contributed by atoms with Gasteiger partial charge in [0.05, 0.1) is 11.6 Å². The van der Waals surface area contributed by atoms with Gasteiger partial charge in [-0.3, -0.25) is 0 Å². The topological polar surface area (TPSA) is 38.5 Å². The van der Waals surface area contributed by atoms with Gasteiger partial charge in [-0.25, -0.2) is 0 Å². The number of aryl methyl sites for hydroxylation is 1. The lowest BCUT2D eigenvalue weighted by Crippen LogP contribution is -2.56. The monoisotopic (exact) mass is 276 g/mol. The van der Waals surface area contributed by atoms with Gasteiger partial charge in [0.25, 0.3) is 0 Å². The largest absolute Gasteiger partial charge is 0.381 e. The average molecular weight is 276 g/mol. The Bertz CT molecular complexity index is 408. The summed E-state index contributed by atoms with van der Waals surface area (Å²) in [6, 6.07) is 8.81. The van der Waals surface area contributed by atoms with E-state index in [9.17, 15) is 0 Å². The third kappa shape index (κ3) is 2.99. The molecule has 0 aliphatic heterocycles. The van der Waals surface area contributed by atoms with Crippen molar-refractivity contribution in [2.45, 2.75) is 51.2 Å². The van der Waals surface area contributed by atoms with Crippen LogP contribution in [0.25, 0.3) is 0 Å². The SMILES string of the molecule is CCN(c1ccc(C)cc1)C1(CN)CCC(OC)CC1. The van der Waals surface area contributed by atoms with Crippen molar-refractivity contribution in [3.05, 3.63) is 29.8 Å². The molecule has 1 aliphatic carbocycles. The van der Waals surface area contributed by atoms with Crippen molar-refractivity contribution in [2.75, 3.05) is 25.1 Å². The second-order valence-corrected chi connectivity index (χ2v) is 5.94. The molecule has 1 saturated carbocycles. The van der Waals surface area contributed by atoms with Crippen molar-refractivity contribution in [2.24, 2.45) is 5.73 Å². The van der Waals surface area contributed by atoms with E-state index in [4.69, 9.17) is 10.5 Å². The minimum atomic E-state index is 0.0963. The second kappa shape index (κ2) is 6.59. The van der Waals surface area contributed by atoms with Crippen LogP contribution >= 0.6 is 0 Å². The number of nitrogens with zero attached hydrogens (tertiary/aromatic N) is 1. The minimum absolute atomic E-state index is 0.0963. The zero-order valence-corrected chi connectivity index (χ0v) is 13.1. The summed E-state index contributed by atoms with van der Waals surface area (Å²) in [5, 5.41) is 0. The first-order chi connectivity index (χ1) is 9.65. The number of hydrogen-bond donors (Lipinski definition) is 1. The van der Waals surface area contributed by atoms with Crippen LogP contribution in [0.2, 0.25) is 0 Å². The number of benzene rings is 1. The molecule has 0 spiro atoms. The fourth-order valence-corrected chi connectivity index (χ4v) is 3.47. The Kier molecular flexibility index (Phi) is 5.06. The van der Waals surface area contributed by atoms with E-state index in [-0.39, 0.29) is 5.54 Å². The van der Waals surface area contributed by atoms with Crippen LogP contribution in [0.15, 0.2) is 24.3 Å². The minimum Gasteiger partial charge on any atom is -0.381 e. The van der Waals surface area contributed by atoms with Gasteiger partial charge in [0.1, 0.15) is 0 Å². The fourth-order valence-electron chi connectivity index (χ4n) is 3.47. The number of nitrogens with two attached hydrogens (primary N) is 1. The smallest absolute Gasteiger partial charge is 0.0573 e. The number of hydrogen-bond acceptors (Lipinski definition) is 3. The molecule has 112 valence electrons. The molecule has 2 N–H and O–H groups in total. The molecule has 0 atom stereocenters. The quantitative estimate of drug-likeness (QED) is 0.898. The Hall–Kier alpha value is -1.06. The molecule has 2 rings (SSSR count). The molecule has 1 fully saturated rings. The number of methoxy groups -OCH3 is 1. The Balaban J connectivity index is 2.21. The van der Waals surface area contributed by atoms with Crippen LogP contribution in [-0.2, 0) is 4.74 Å². The van der Waals surface area contributed by atoms with Gasteiger partial charge in [0, 0.05) is 25.9 Å². The maximum atomic E-state index is 6.19. The highest BCUT2D eigenvalue weighted by atomic mass is 16.5. The van der Waals surface area contributed by atoms with Crippen molar-refractivity contribution in [1.29, 1.82) is 0 Å². The number of rotatable bonds is 5. The normalized spacial score (nSPS) is 26.5. The molecule has 0 radical (unpaired) electrons. The molecule has 0 bridgehead atoms. The van der Waals surface area contributed by atoms with E-state index < -0.39 is 0 Å². The Labute approximate surface area is 123 Å². The predicted molar refractivity (Wildman–Crippen MR) is 85.2 cm³/mol. The third-order valence-corrected chi connectivity index (χ3v) is 4.81. The van der Waals surface area contributed by atoms with Gasteiger partial charge in [-0.15, -0.1) is 0 Å². The number of likely N-dealkylation sites (N-methyl/N-ethyl adjacent to an activating group) is 1. The summed E-state index contributed by atoms with van der Waals surface area (Å²) in [5.41, 5.74) is 8.87. The van der Waals surface area contributed by atoms with Gasteiger partial charge in [0.15, 0.2) is 0 Å². The summed E-state index contributed by atoms with van der Waals surface area (Å²) in [7, 11) is 1.82. The summed E-state index contributed by atoms with van der Waals surface area (Å²) in [6.45, 7) is 6.06. The van der Waals surface area contributed by atoms with Gasteiger partial charge >= 0.3 is 0 Å². The lowest BCUT2D eigenvalue weighted by Gasteiger charge is -2.48. The molecule has 0 saturated heterocycles. The molecule has 0 unspecified atom stereocenters. The molecule has 1 aromatic rings. The van der Waals surface area contributed by atoms with E-state index in [0.29, 0.717) is 12.6 Å². The molecule has 1 aromatic carbocycles. The number of ether oxygens (including phenoxy) is 1. The highest BCUT2D eigenvalue weighted by Gasteiger charge is 2.38. The molecule has 0 aromatic heterocycles. The molecule has 1 aliphatic rings. The Morgan fingerprint density at radius 3 is 2.30 bits per heavy atom. The molecule has 20 heavy (non-hydrogen) atoms. The first kappa shape index (κ1) is 15.3. The van der Waals surface area contributed by atoms with Crippen molar-refractivity contribution in [1.82, 2.24) is 0 Å². The van der Waals surface area contributed by atoms with Crippen molar-refractivity contribution < 1.29 is 4.74 Å². The van der Waals surface area contributed by atoms with E-state index in [1.54, 1.807) is 0 Å². The highest BCUT2D eigenvalue weighted by molar-refractivity contribution is 5.50. The fraction of sp³-hybridized carbons (Fsp3) is 0.647.